The van der Waals surface area contributed by atoms with E-state index in [0.717, 1.165) is 18.9 Å². The van der Waals surface area contributed by atoms with Gasteiger partial charge in [-0.2, -0.15) is 0 Å². The van der Waals surface area contributed by atoms with Gasteiger partial charge in [0.15, 0.2) is 0 Å². The molecular weight excluding hydrogens is 246 g/mol. The SMILES string of the molecule is CCCNC(c1cc(C)cnc1N)C1CCCC(C)C1. The maximum Gasteiger partial charge on any atom is 0.128 e. The molecule has 3 N–H and O–H groups in total. The Morgan fingerprint density at radius 3 is 2.95 bits per heavy atom. The molecule has 3 nitrogen and oxygen atoms in total. The van der Waals surface area contributed by atoms with Crippen molar-refractivity contribution in [1.82, 2.24) is 10.3 Å². The molecule has 0 radical (unpaired) electrons. The minimum Gasteiger partial charge on any atom is -0.383 e. The van der Waals surface area contributed by atoms with Gasteiger partial charge in [0.2, 0.25) is 0 Å². The summed E-state index contributed by atoms with van der Waals surface area (Å²) in [5, 5.41) is 3.72. The predicted octanol–water partition coefficient (Wildman–Crippen LogP) is 3.84. The number of nitrogens with zero attached hydrogens (tertiary/aromatic N) is 1. The standard InChI is InChI=1S/C17H29N3/c1-4-8-19-16(14-7-5-6-12(2)9-14)15-10-13(3)11-20-17(15)18/h10-12,14,16,19H,4-9H2,1-3H3,(H2,18,20). The van der Waals surface area contributed by atoms with Crippen molar-refractivity contribution in [3.05, 3.63) is 23.4 Å². The highest BCUT2D eigenvalue weighted by molar-refractivity contribution is 5.43. The van der Waals surface area contributed by atoms with E-state index in [1.165, 1.54) is 36.8 Å². The van der Waals surface area contributed by atoms with Crippen molar-refractivity contribution in [3.63, 3.8) is 0 Å². The minimum absolute atomic E-state index is 0.366. The quantitative estimate of drug-likeness (QED) is 0.858. The smallest absolute Gasteiger partial charge is 0.128 e. The lowest BCUT2D eigenvalue weighted by molar-refractivity contribution is 0.224. The summed E-state index contributed by atoms with van der Waals surface area (Å²) in [4.78, 5) is 4.36. The Morgan fingerprint density at radius 2 is 2.25 bits per heavy atom. The van der Waals surface area contributed by atoms with Crippen LogP contribution in [0.25, 0.3) is 0 Å². The number of anilines is 1. The van der Waals surface area contributed by atoms with E-state index in [1.807, 2.05) is 6.20 Å². The van der Waals surface area contributed by atoms with Gasteiger partial charge in [-0.15, -0.1) is 0 Å². The number of nitrogen functional groups attached to an aromatic ring is 1. The number of aryl methyl sites for hydroxylation is 1. The van der Waals surface area contributed by atoms with Crippen LogP contribution in [0.4, 0.5) is 5.82 Å². The number of pyridine rings is 1. The molecule has 0 saturated heterocycles. The molecule has 1 heterocycles. The van der Waals surface area contributed by atoms with Crippen molar-refractivity contribution in [2.75, 3.05) is 12.3 Å². The molecule has 20 heavy (non-hydrogen) atoms. The van der Waals surface area contributed by atoms with Crippen LogP contribution in [0.1, 0.15) is 63.1 Å². The van der Waals surface area contributed by atoms with E-state index in [4.69, 9.17) is 5.73 Å². The zero-order valence-electron chi connectivity index (χ0n) is 13.2. The van der Waals surface area contributed by atoms with Crippen LogP contribution in [0.15, 0.2) is 12.3 Å². The first-order chi connectivity index (χ1) is 9.61. The van der Waals surface area contributed by atoms with Crippen molar-refractivity contribution in [3.8, 4) is 0 Å². The maximum atomic E-state index is 6.15. The summed E-state index contributed by atoms with van der Waals surface area (Å²) in [5.74, 6) is 2.22. The molecule has 1 fully saturated rings. The summed E-state index contributed by atoms with van der Waals surface area (Å²) < 4.78 is 0. The van der Waals surface area contributed by atoms with Gasteiger partial charge in [0, 0.05) is 17.8 Å². The highest BCUT2D eigenvalue weighted by atomic mass is 14.9. The molecule has 112 valence electrons. The summed E-state index contributed by atoms with van der Waals surface area (Å²) in [6, 6.07) is 2.58. The normalized spacial score (nSPS) is 24.6. The molecule has 3 unspecified atom stereocenters. The molecule has 3 heteroatoms. The van der Waals surface area contributed by atoms with Crippen LogP contribution < -0.4 is 11.1 Å². The second-order valence-electron chi connectivity index (χ2n) is 6.45. The summed E-state index contributed by atoms with van der Waals surface area (Å²) in [7, 11) is 0. The molecule has 0 spiro atoms. The third-order valence-corrected chi connectivity index (χ3v) is 4.48. The number of nitrogens with one attached hydrogen (secondary N) is 1. The fraction of sp³-hybridized carbons (Fsp3) is 0.706. The average molecular weight is 275 g/mol. The Bertz CT molecular complexity index is 430. The number of aromatic nitrogens is 1. The van der Waals surface area contributed by atoms with Crippen molar-refractivity contribution in [1.29, 1.82) is 0 Å². The number of hydrogen-bond donors (Lipinski definition) is 2. The first-order valence-electron chi connectivity index (χ1n) is 8.07. The molecule has 3 atom stereocenters. The predicted molar refractivity (Wildman–Crippen MR) is 85.5 cm³/mol. The number of rotatable bonds is 5. The van der Waals surface area contributed by atoms with E-state index in [1.54, 1.807) is 0 Å². The van der Waals surface area contributed by atoms with Crippen LogP contribution >= 0.6 is 0 Å². The van der Waals surface area contributed by atoms with Crippen LogP contribution in [0, 0.1) is 18.8 Å². The molecule has 1 aliphatic rings. The molecule has 1 saturated carbocycles. The molecule has 1 aromatic rings. The summed E-state index contributed by atoms with van der Waals surface area (Å²) in [6.45, 7) is 7.73. The summed E-state index contributed by atoms with van der Waals surface area (Å²) in [6.07, 6.45) is 8.33. The van der Waals surface area contributed by atoms with Gasteiger partial charge in [-0.25, -0.2) is 4.98 Å². The van der Waals surface area contributed by atoms with Gasteiger partial charge in [0.1, 0.15) is 5.82 Å². The molecular formula is C17H29N3. The Hall–Kier alpha value is -1.09. The van der Waals surface area contributed by atoms with Crippen LogP contribution in [-0.2, 0) is 0 Å². The molecule has 0 amide bonds. The summed E-state index contributed by atoms with van der Waals surface area (Å²) >= 11 is 0. The first-order valence-corrected chi connectivity index (χ1v) is 8.07. The molecule has 0 aliphatic heterocycles. The fourth-order valence-electron chi connectivity index (χ4n) is 3.47. The second-order valence-corrected chi connectivity index (χ2v) is 6.45. The van der Waals surface area contributed by atoms with Gasteiger partial charge in [0.05, 0.1) is 0 Å². The van der Waals surface area contributed by atoms with Crippen molar-refractivity contribution in [2.24, 2.45) is 11.8 Å². The highest BCUT2D eigenvalue weighted by Gasteiger charge is 2.28. The zero-order valence-corrected chi connectivity index (χ0v) is 13.2. The van der Waals surface area contributed by atoms with Crippen LogP contribution in [0.2, 0.25) is 0 Å². The monoisotopic (exact) mass is 275 g/mol. The van der Waals surface area contributed by atoms with E-state index >= 15 is 0 Å². The Kier molecular flexibility index (Phi) is 5.41. The van der Waals surface area contributed by atoms with Gasteiger partial charge in [0.25, 0.3) is 0 Å². The number of nitrogens with two attached hydrogens (primary N) is 1. The van der Waals surface area contributed by atoms with Crippen LogP contribution in [0.5, 0.6) is 0 Å². The molecule has 1 aliphatic carbocycles. The van der Waals surface area contributed by atoms with Gasteiger partial charge in [-0.1, -0.05) is 26.7 Å². The third kappa shape index (κ3) is 3.72. The van der Waals surface area contributed by atoms with E-state index < -0.39 is 0 Å². The lowest BCUT2D eigenvalue weighted by atomic mass is 9.76. The van der Waals surface area contributed by atoms with Gasteiger partial charge in [-0.3, -0.25) is 0 Å². The lowest BCUT2D eigenvalue weighted by Gasteiger charge is -2.34. The van der Waals surface area contributed by atoms with Crippen molar-refractivity contribution >= 4 is 5.82 Å². The van der Waals surface area contributed by atoms with Crippen molar-refractivity contribution in [2.45, 2.75) is 58.9 Å². The molecule has 1 aromatic heterocycles. The minimum atomic E-state index is 0.366. The summed E-state index contributed by atoms with van der Waals surface area (Å²) in [5.41, 5.74) is 8.55. The maximum absolute atomic E-state index is 6.15. The van der Waals surface area contributed by atoms with Crippen LogP contribution in [-0.4, -0.2) is 11.5 Å². The van der Waals surface area contributed by atoms with Gasteiger partial charge >= 0.3 is 0 Å². The average Bonchev–Trinajstić information content (AvgIpc) is 2.43. The lowest BCUT2D eigenvalue weighted by Crippen LogP contribution is -2.32. The van der Waals surface area contributed by atoms with E-state index in [-0.39, 0.29) is 0 Å². The Labute approximate surface area is 123 Å². The first kappa shape index (κ1) is 15.3. The molecule has 0 aromatic carbocycles. The van der Waals surface area contributed by atoms with Crippen molar-refractivity contribution < 1.29 is 0 Å². The Morgan fingerprint density at radius 1 is 1.45 bits per heavy atom. The van der Waals surface area contributed by atoms with E-state index in [9.17, 15) is 0 Å². The molecule has 0 bridgehead atoms. The second kappa shape index (κ2) is 7.07. The Balaban J connectivity index is 2.23. The third-order valence-electron chi connectivity index (χ3n) is 4.48. The number of hydrogen-bond acceptors (Lipinski definition) is 3. The highest BCUT2D eigenvalue weighted by Crippen LogP contribution is 2.38. The largest absolute Gasteiger partial charge is 0.383 e. The van der Waals surface area contributed by atoms with Gasteiger partial charge < -0.3 is 11.1 Å². The van der Waals surface area contributed by atoms with Gasteiger partial charge in [-0.05, 0) is 56.2 Å². The topological polar surface area (TPSA) is 50.9 Å². The van der Waals surface area contributed by atoms with E-state index in [2.05, 4.69) is 37.1 Å². The fourth-order valence-corrected chi connectivity index (χ4v) is 3.47. The molecule has 2 rings (SSSR count). The van der Waals surface area contributed by atoms with E-state index in [0.29, 0.717) is 17.8 Å². The van der Waals surface area contributed by atoms with Crippen LogP contribution in [0.3, 0.4) is 0 Å². The zero-order chi connectivity index (χ0) is 14.5.